The molecule has 0 amide bonds. The van der Waals surface area contributed by atoms with E-state index in [-0.39, 0.29) is 0 Å². The fourth-order valence-corrected chi connectivity index (χ4v) is 4.73. The molecular weight excluding hydrogens is 438 g/mol. The van der Waals surface area contributed by atoms with Crippen LogP contribution >= 0.6 is 51.1 Å². The van der Waals surface area contributed by atoms with Gasteiger partial charge in [0.2, 0.25) is 0 Å². The summed E-state index contributed by atoms with van der Waals surface area (Å²) >= 11 is 17.0. The Morgan fingerprint density at radius 3 is 2.88 bits per heavy atom. The highest BCUT2D eigenvalue weighted by atomic mass is 79.9. The maximum Gasteiger partial charge on any atom is 0.129 e. The number of anilines is 1. The summed E-state index contributed by atoms with van der Waals surface area (Å²) in [6.07, 6.45) is 0.868. The SMILES string of the molecule is S=C(Nc1ccccc1Cl)c1cc2c(s1)-c1ccc(Br)cc1OCC2. The van der Waals surface area contributed by atoms with Crippen molar-refractivity contribution in [1.82, 2.24) is 0 Å². The molecule has 2 aromatic carbocycles. The van der Waals surface area contributed by atoms with Crippen molar-refractivity contribution in [3.63, 3.8) is 0 Å². The molecule has 0 fully saturated rings. The first-order chi connectivity index (χ1) is 12.1. The third-order valence-electron chi connectivity index (χ3n) is 3.97. The summed E-state index contributed by atoms with van der Waals surface area (Å²) in [7, 11) is 0. The second kappa shape index (κ2) is 7.08. The van der Waals surface area contributed by atoms with Crippen molar-refractivity contribution in [1.29, 1.82) is 0 Å². The van der Waals surface area contributed by atoms with Gasteiger partial charge in [-0.3, -0.25) is 0 Å². The van der Waals surface area contributed by atoms with E-state index in [0.29, 0.717) is 16.6 Å². The van der Waals surface area contributed by atoms with Gasteiger partial charge in [0.25, 0.3) is 0 Å². The first-order valence-electron chi connectivity index (χ1n) is 7.73. The molecule has 126 valence electrons. The van der Waals surface area contributed by atoms with E-state index in [4.69, 9.17) is 28.6 Å². The van der Waals surface area contributed by atoms with Crippen LogP contribution in [0.5, 0.6) is 5.75 Å². The van der Waals surface area contributed by atoms with Gasteiger partial charge in [-0.2, -0.15) is 0 Å². The molecule has 2 nitrogen and oxygen atoms in total. The fraction of sp³-hybridized carbons (Fsp3) is 0.105. The molecule has 2 heterocycles. The third-order valence-corrected chi connectivity index (χ3v) is 6.47. The summed E-state index contributed by atoms with van der Waals surface area (Å²) in [5.74, 6) is 0.909. The summed E-state index contributed by atoms with van der Waals surface area (Å²) in [6.45, 7) is 0.664. The van der Waals surface area contributed by atoms with Gasteiger partial charge >= 0.3 is 0 Å². The minimum Gasteiger partial charge on any atom is -0.493 e. The predicted molar refractivity (Wildman–Crippen MR) is 113 cm³/mol. The van der Waals surface area contributed by atoms with Gasteiger partial charge in [0.1, 0.15) is 10.7 Å². The number of nitrogens with one attached hydrogen (secondary N) is 1. The monoisotopic (exact) mass is 449 g/mol. The van der Waals surface area contributed by atoms with Gasteiger partial charge in [0, 0.05) is 21.3 Å². The lowest BCUT2D eigenvalue weighted by atomic mass is 10.1. The Bertz CT molecular complexity index is 970. The number of fused-ring (bicyclic) bond motifs is 3. The van der Waals surface area contributed by atoms with E-state index in [1.165, 1.54) is 10.4 Å². The minimum absolute atomic E-state index is 0.659. The van der Waals surface area contributed by atoms with Crippen LogP contribution < -0.4 is 10.1 Å². The smallest absolute Gasteiger partial charge is 0.129 e. The second-order valence-electron chi connectivity index (χ2n) is 5.64. The molecule has 1 aliphatic heterocycles. The molecule has 25 heavy (non-hydrogen) atoms. The Labute approximate surface area is 168 Å². The van der Waals surface area contributed by atoms with Crippen molar-refractivity contribution >= 4 is 61.8 Å². The van der Waals surface area contributed by atoms with Crippen molar-refractivity contribution < 1.29 is 4.74 Å². The number of thiocarbonyl (C=S) groups is 1. The molecule has 0 aliphatic carbocycles. The van der Waals surface area contributed by atoms with Gasteiger partial charge in [-0.25, -0.2) is 0 Å². The van der Waals surface area contributed by atoms with E-state index in [9.17, 15) is 0 Å². The molecule has 1 aliphatic rings. The van der Waals surface area contributed by atoms with Gasteiger partial charge in [-0.15, -0.1) is 11.3 Å². The lowest BCUT2D eigenvalue weighted by Crippen LogP contribution is -2.09. The number of para-hydroxylation sites is 1. The van der Waals surface area contributed by atoms with E-state index < -0.39 is 0 Å². The van der Waals surface area contributed by atoms with Crippen LogP contribution in [-0.4, -0.2) is 11.6 Å². The summed E-state index contributed by atoms with van der Waals surface area (Å²) < 4.78 is 6.91. The third kappa shape index (κ3) is 3.47. The van der Waals surface area contributed by atoms with Crippen molar-refractivity contribution in [2.75, 3.05) is 11.9 Å². The summed E-state index contributed by atoms with van der Waals surface area (Å²) in [5.41, 5.74) is 3.21. The van der Waals surface area contributed by atoms with Crippen LogP contribution in [0.2, 0.25) is 5.02 Å². The Morgan fingerprint density at radius 1 is 1.20 bits per heavy atom. The molecule has 0 saturated heterocycles. The number of hydrogen-bond donors (Lipinski definition) is 1. The minimum atomic E-state index is 0.659. The van der Waals surface area contributed by atoms with E-state index in [0.717, 1.165) is 32.8 Å². The standard InChI is InChI=1S/C19H13BrClNOS2/c20-12-5-6-13-16(10-12)23-8-7-11-9-17(25-18(11)13)19(24)22-15-4-2-1-3-14(15)21/h1-6,9-10H,7-8H2,(H,22,24). The van der Waals surface area contributed by atoms with Crippen LogP contribution in [0.4, 0.5) is 5.69 Å². The lowest BCUT2D eigenvalue weighted by molar-refractivity contribution is 0.326. The van der Waals surface area contributed by atoms with Crippen LogP contribution in [0.3, 0.4) is 0 Å². The van der Waals surface area contributed by atoms with E-state index >= 15 is 0 Å². The van der Waals surface area contributed by atoms with Crippen molar-refractivity contribution in [2.24, 2.45) is 0 Å². The fourth-order valence-electron chi connectivity index (χ4n) is 2.77. The maximum absolute atomic E-state index is 6.22. The Balaban J connectivity index is 1.69. The van der Waals surface area contributed by atoms with E-state index in [2.05, 4.69) is 33.4 Å². The lowest BCUT2D eigenvalue weighted by Gasteiger charge is -2.09. The van der Waals surface area contributed by atoms with Crippen LogP contribution in [0.1, 0.15) is 10.4 Å². The second-order valence-corrected chi connectivity index (χ2v) is 8.42. The zero-order chi connectivity index (χ0) is 17.4. The number of hydrogen-bond acceptors (Lipinski definition) is 3. The molecule has 0 unspecified atom stereocenters. The molecule has 6 heteroatoms. The molecule has 0 radical (unpaired) electrons. The quantitative estimate of drug-likeness (QED) is 0.447. The van der Waals surface area contributed by atoms with Gasteiger partial charge < -0.3 is 10.1 Å². The molecule has 1 N–H and O–H groups in total. The van der Waals surface area contributed by atoms with E-state index in [1.54, 1.807) is 11.3 Å². The van der Waals surface area contributed by atoms with Crippen LogP contribution in [0.25, 0.3) is 10.4 Å². The van der Waals surface area contributed by atoms with Crippen LogP contribution in [-0.2, 0) is 6.42 Å². The first kappa shape index (κ1) is 17.0. The number of rotatable bonds is 2. The highest BCUT2D eigenvalue weighted by molar-refractivity contribution is 9.10. The molecule has 3 aromatic rings. The molecule has 0 bridgehead atoms. The zero-order valence-electron chi connectivity index (χ0n) is 13.0. The van der Waals surface area contributed by atoms with Gasteiger partial charge in [0.05, 0.1) is 22.2 Å². The molecule has 0 atom stereocenters. The average Bonchev–Trinajstić information content (AvgIpc) is 2.94. The number of ether oxygens (including phenoxy) is 1. The Morgan fingerprint density at radius 2 is 2.04 bits per heavy atom. The topological polar surface area (TPSA) is 21.3 Å². The Kier molecular flexibility index (Phi) is 4.82. The summed E-state index contributed by atoms with van der Waals surface area (Å²) in [4.78, 5) is 2.94. The normalized spacial score (nSPS) is 12.6. The van der Waals surface area contributed by atoms with Crippen LogP contribution in [0, 0.1) is 0 Å². The van der Waals surface area contributed by atoms with Crippen molar-refractivity contribution in [3.05, 3.63) is 68.5 Å². The number of benzene rings is 2. The maximum atomic E-state index is 6.22. The summed E-state index contributed by atoms with van der Waals surface area (Å²) in [6, 6.07) is 15.9. The largest absolute Gasteiger partial charge is 0.493 e. The van der Waals surface area contributed by atoms with Gasteiger partial charge in [-0.1, -0.05) is 51.9 Å². The first-order valence-corrected chi connectivity index (χ1v) is 10.1. The molecule has 4 rings (SSSR count). The van der Waals surface area contributed by atoms with Crippen LogP contribution in [0.15, 0.2) is 53.0 Å². The highest BCUT2D eigenvalue weighted by Gasteiger charge is 2.20. The van der Waals surface area contributed by atoms with Gasteiger partial charge in [-0.05, 0) is 42.0 Å². The Hall–Kier alpha value is -1.40. The molecule has 1 aromatic heterocycles. The zero-order valence-corrected chi connectivity index (χ0v) is 17.0. The van der Waals surface area contributed by atoms with Gasteiger partial charge in [0.15, 0.2) is 0 Å². The number of halogens is 2. The number of thiophene rings is 1. The molecule has 0 spiro atoms. The molecule has 0 saturated carbocycles. The molecular formula is C19H13BrClNOS2. The van der Waals surface area contributed by atoms with Crippen molar-refractivity contribution in [2.45, 2.75) is 6.42 Å². The predicted octanol–water partition coefficient (Wildman–Crippen LogP) is 6.55. The average molecular weight is 451 g/mol. The van der Waals surface area contributed by atoms with E-state index in [1.807, 2.05) is 36.4 Å². The van der Waals surface area contributed by atoms with Crippen molar-refractivity contribution in [3.8, 4) is 16.2 Å². The highest BCUT2D eigenvalue weighted by Crippen LogP contribution is 2.42. The summed E-state index contributed by atoms with van der Waals surface area (Å²) in [5, 5.41) is 3.91.